The Kier molecular flexibility index (Phi) is 4.57. The van der Waals surface area contributed by atoms with Gasteiger partial charge in [-0.15, -0.1) is 0 Å². The minimum absolute atomic E-state index is 0.0883. The molecule has 4 N–H and O–H groups in total. The van der Waals surface area contributed by atoms with E-state index in [-0.39, 0.29) is 23.8 Å². The van der Waals surface area contributed by atoms with E-state index in [1.54, 1.807) is 6.20 Å². The second-order valence-corrected chi connectivity index (χ2v) is 5.99. The van der Waals surface area contributed by atoms with Gasteiger partial charge in [0.2, 0.25) is 0 Å². The normalized spacial score (nSPS) is 20.9. The number of amides is 1. The zero-order chi connectivity index (χ0) is 17.1. The maximum Gasteiger partial charge on any atom is 0.326 e. The largest absolute Gasteiger partial charge is 0.393 e. The fourth-order valence-corrected chi connectivity index (χ4v) is 2.88. The summed E-state index contributed by atoms with van der Waals surface area (Å²) in [5, 5.41) is 12.4. The number of aliphatic hydroxyl groups is 1. The predicted molar refractivity (Wildman–Crippen MR) is 85.6 cm³/mol. The zero-order valence-electron chi connectivity index (χ0n) is 12.9. The van der Waals surface area contributed by atoms with Crippen molar-refractivity contribution < 1.29 is 9.90 Å². The Morgan fingerprint density at radius 2 is 2.12 bits per heavy atom. The number of hydrogen-bond acceptors (Lipinski definition) is 5. The fourth-order valence-electron chi connectivity index (χ4n) is 2.88. The van der Waals surface area contributed by atoms with E-state index in [9.17, 15) is 19.5 Å². The number of aliphatic hydroxyl groups excluding tert-OH is 1. The van der Waals surface area contributed by atoms with E-state index in [4.69, 9.17) is 0 Å². The van der Waals surface area contributed by atoms with Gasteiger partial charge in [0.05, 0.1) is 6.10 Å². The van der Waals surface area contributed by atoms with Crippen LogP contribution >= 0.6 is 0 Å². The zero-order valence-corrected chi connectivity index (χ0v) is 12.9. The van der Waals surface area contributed by atoms with Gasteiger partial charge < -0.3 is 15.4 Å². The molecule has 1 amide bonds. The van der Waals surface area contributed by atoms with Crippen LogP contribution in [0.1, 0.15) is 29.0 Å². The van der Waals surface area contributed by atoms with E-state index < -0.39 is 17.2 Å². The third-order valence-electron chi connectivity index (χ3n) is 4.20. The van der Waals surface area contributed by atoms with E-state index in [0.717, 1.165) is 11.8 Å². The fraction of sp³-hybridized carbons (Fsp3) is 0.375. The highest BCUT2D eigenvalue weighted by atomic mass is 16.3. The Morgan fingerprint density at radius 1 is 1.33 bits per heavy atom. The molecule has 126 valence electrons. The minimum Gasteiger partial charge on any atom is -0.393 e. The van der Waals surface area contributed by atoms with E-state index in [1.807, 2.05) is 23.2 Å². The number of carbonyl (C=O) groups excluding carboxylic acids is 1. The van der Waals surface area contributed by atoms with Gasteiger partial charge in [-0.1, -0.05) is 6.07 Å². The number of aromatic nitrogens is 3. The van der Waals surface area contributed by atoms with Crippen LogP contribution < -0.4 is 16.6 Å². The van der Waals surface area contributed by atoms with Crippen molar-refractivity contribution in [3.05, 3.63) is 62.7 Å². The molecular weight excluding hydrogens is 312 g/mol. The van der Waals surface area contributed by atoms with Gasteiger partial charge in [-0.3, -0.25) is 19.6 Å². The maximum atomic E-state index is 12.4. The number of carbonyl (C=O) groups is 1. The maximum absolute atomic E-state index is 12.4. The Morgan fingerprint density at radius 3 is 2.75 bits per heavy atom. The summed E-state index contributed by atoms with van der Waals surface area (Å²) in [4.78, 5) is 43.6. The SMILES string of the molecule is O=C(NC(Cc1ccccn1)C1CC(O)C1)c1cc(=O)[nH]c(=O)[nH]1. The molecule has 0 aromatic carbocycles. The van der Waals surface area contributed by atoms with Crippen LogP contribution in [0.15, 0.2) is 40.1 Å². The lowest BCUT2D eigenvalue weighted by atomic mass is 9.76. The Balaban J connectivity index is 1.77. The first-order valence-electron chi connectivity index (χ1n) is 7.74. The molecule has 0 aliphatic heterocycles. The third-order valence-corrected chi connectivity index (χ3v) is 4.20. The average Bonchev–Trinajstić information content (AvgIpc) is 2.51. The lowest BCUT2D eigenvalue weighted by Gasteiger charge is -2.38. The van der Waals surface area contributed by atoms with Crippen LogP contribution in [-0.2, 0) is 6.42 Å². The van der Waals surface area contributed by atoms with Crippen molar-refractivity contribution in [1.29, 1.82) is 0 Å². The third kappa shape index (κ3) is 3.77. The molecule has 8 nitrogen and oxygen atoms in total. The van der Waals surface area contributed by atoms with Crippen LogP contribution in [0.2, 0.25) is 0 Å². The summed E-state index contributed by atoms with van der Waals surface area (Å²) in [6.07, 6.45) is 3.04. The van der Waals surface area contributed by atoms with Gasteiger partial charge in [0.25, 0.3) is 11.5 Å². The number of nitrogens with one attached hydrogen (secondary N) is 3. The van der Waals surface area contributed by atoms with Crippen molar-refractivity contribution >= 4 is 5.91 Å². The van der Waals surface area contributed by atoms with Crippen molar-refractivity contribution in [3.8, 4) is 0 Å². The summed E-state index contributed by atoms with van der Waals surface area (Å²) in [7, 11) is 0. The smallest absolute Gasteiger partial charge is 0.326 e. The summed E-state index contributed by atoms with van der Waals surface area (Å²) < 4.78 is 0. The number of hydrogen-bond donors (Lipinski definition) is 4. The van der Waals surface area contributed by atoms with Crippen LogP contribution in [-0.4, -0.2) is 38.1 Å². The Bertz CT molecular complexity index is 795. The van der Waals surface area contributed by atoms with Gasteiger partial charge in [-0.25, -0.2) is 4.79 Å². The van der Waals surface area contributed by atoms with Gasteiger partial charge in [-0.05, 0) is 30.9 Å². The highest BCUT2D eigenvalue weighted by Gasteiger charge is 2.35. The molecule has 8 heteroatoms. The molecule has 1 atom stereocenters. The lowest BCUT2D eigenvalue weighted by Crippen LogP contribution is -2.48. The molecule has 0 bridgehead atoms. The summed E-state index contributed by atoms with van der Waals surface area (Å²) in [6.45, 7) is 0. The molecule has 2 heterocycles. The summed E-state index contributed by atoms with van der Waals surface area (Å²) in [6, 6.07) is 6.35. The molecule has 2 aromatic rings. The topological polar surface area (TPSA) is 128 Å². The molecule has 1 aliphatic carbocycles. The average molecular weight is 330 g/mol. The molecule has 0 spiro atoms. The minimum atomic E-state index is -0.729. The first-order valence-corrected chi connectivity index (χ1v) is 7.74. The van der Waals surface area contributed by atoms with Crippen molar-refractivity contribution in [1.82, 2.24) is 20.3 Å². The number of rotatable bonds is 5. The quantitative estimate of drug-likeness (QED) is 0.591. The van der Waals surface area contributed by atoms with Crippen LogP contribution in [0.25, 0.3) is 0 Å². The Hall–Kier alpha value is -2.74. The lowest BCUT2D eigenvalue weighted by molar-refractivity contribution is 0.0237. The standard InChI is InChI=1S/C16H18N4O4/c21-11-5-9(6-11)12(7-10-3-1-2-4-17-10)18-15(23)13-8-14(22)20-16(24)19-13/h1-4,8-9,11-12,21H,5-7H2,(H,18,23)(H2,19,20,22,24). The second kappa shape index (κ2) is 6.79. The van der Waals surface area contributed by atoms with Gasteiger partial charge in [-0.2, -0.15) is 0 Å². The van der Waals surface area contributed by atoms with Crippen molar-refractivity contribution in [2.24, 2.45) is 5.92 Å². The molecule has 1 unspecified atom stereocenters. The van der Waals surface area contributed by atoms with E-state index in [0.29, 0.717) is 19.3 Å². The van der Waals surface area contributed by atoms with Crippen LogP contribution in [0.4, 0.5) is 0 Å². The number of nitrogens with zero attached hydrogens (tertiary/aromatic N) is 1. The molecule has 24 heavy (non-hydrogen) atoms. The Labute approximate surface area is 137 Å². The predicted octanol–water partition coefficient (Wildman–Crippen LogP) is -0.430. The van der Waals surface area contributed by atoms with E-state index in [1.165, 1.54) is 0 Å². The molecule has 1 aliphatic rings. The molecule has 1 saturated carbocycles. The van der Waals surface area contributed by atoms with Crippen molar-refractivity contribution in [2.45, 2.75) is 31.4 Å². The second-order valence-electron chi connectivity index (χ2n) is 5.99. The summed E-state index contributed by atoms with van der Waals surface area (Å²) in [5.74, 6) is -0.403. The number of pyridine rings is 1. The number of aromatic amines is 2. The molecule has 0 radical (unpaired) electrons. The first-order chi connectivity index (χ1) is 11.5. The first kappa shape index (κ1) is 16.1. The summed E-state index contributed by atoms with van der Waals surface area (Å²) in [5.41, 5.74) is -0.629. The highest BCUT2D eigenvalue weighted by Crippen LogP contribution is 2.31. The van der Waals surface area contributed by atoms with E-state index in [2.05, 4.69) is 15.3 Å². The van der Waals surface area contributed by atoms with Crippen molar-refractivity contribution in [3.63, 3.8) is 0 Å². The van der Waals surface area contributed by atoms with Crippen molar-refractivity contribution in [2.75, 3.05) is 0 Å². The van der Waals surface area contributed by atoms with E-state index >= 15 is 0 Å². The van der Waals surface area contributed by atoms with Gasteiger partial charge >= 0.3 is 5.69 Å². The molecule has 1 fully saturated rings. The van der Waals surface area contributed by atoms with Gasteiger partial charge in [0.1, 0.15) is 5.69 Å². The number of H-pyrrole nitrogens is 2. The van der Waals surface area contributed by atoms with Gasteiger partial charge in [0.15, 0.2) is 0 Å². The molecule has 0 saturated heterocycles. The highest BCUT2D eigenvalue weighted by molar-refractivity contribution is 5.92. The van der Waals surface area contributed by atoms with Crippen LogP contribution in [0.3, 0.4) is 0 Å². The van der Waals surface area contributed by atoms with Crippen LogP contribution in [0.5, 0.6) is 0 Å². The monoisotopic (exact) mass is 330 g/mol. The summed E-state index contributed by atoms with van der Waals surface area (Å²) >= 11 is 0. The molecule has 3 rings (SSSR count). The molecule has 2 aromatic heterocycles. The van der Waals surface area contributed by atoms with Gasteiger partial charge in [0, 0.05) is 30.4 Å². The molecular formula is C16H18N4O4. The van der Waals surface area contributed by atoms with Crippen LogP contribution in [0, 0.1) is 5.92 Å².